The number of unbranched alkanes of at least 4 members (excludes halogenated alkanes) is 35. The first-order valence-corrected chi connectivity index (χ1v) is 19.8. The fourth-order valence-electron chi connectivity index (χ4n) is 6.46. The maximum atomic E-state index is 9.17. The van der Waals surface area contributed by atoms with Crippen LogP contribution in [0.4, 0.5) is 0 Å². The normalized spacial score (nSPS) is 12.4. The van der Waals surface area contributed by atoms with Gasteiger partial charge in [-0.3, -0.25) is 0 Å². The molecular formula is C40H81O. The van der Waals surface area contributed by atoms with Crippen LogP contribution in [0, 0.1) is 6.92 Å². The van der Waals surface area contributed by atoms with Crippen molar-refractivity contribution in [2.45, 2.75) is 251 Å². The van der Waals surface area contributed by atoms with Crippen LogP contribution in [0.1, 0.15) is 244 Å². The summed E-state index contributed by atoms with van der Waals surface area (Å²) in [4.78, 5) is 0. The zero-order valence-electron chi connectivity index (χ0n) is 28.9. The summed E-state index contributed by atoms with van der Waals surface area (Å²) in [6.07, 6.45) is 52.7. The van der Waals surface area contributed by atoms with Crippen molar-refractivity contribution < 1.29 is 5.11 Å². The Hall–Kier alpha value is -0.0400. The molecule has 1 heteroatoms. The largest absolute Gasteiger partial charge is 0.393 e. The van der Waals surface area contributed by atoms with Crippen LogP contribution in [0.25, 0.3) is 0 Å². The van der Waals surface area contributed by atoms with Crippen LogP contribution in [0.3, 0.4) is 0 Å². The molecule has 0 aromatic heterocycles. The molecule has 0 aromatic carbocycles. The second-order valence-electron chi connectivity index (χ2n) is 13.8. The van der Waals surface area contributed by atoms with E-state index in [1.807, 2.05) is 0 Å². The van der Waals surface area contributed by atoms with Gasteiger partial charge in [-0.2, -0.15) is 0 Å². The molecule has 1 atom stereocenters. The summed E-state index contributed by atoms with van der Waals surface area (Å²) in [7, 11) is 0. The SMILES string of the molecule is [CH2]C(O)CCCCCCCCCCCCCCCCCCCCCCCCCCCCCCCCCCCCCC. The minimum atomic E-state index is -0.354. The molecule has 1 N–H and O–H groups in total. The molecule has 0 saturated carbocycles. The van der Waals surface area contributed by atoms with Crippen molar-refractivity contribution in [3.05, 3.63) is 6.92 Å². The van der Waals surface area contributed by atoms with E-state index < -0.39 is 0 Å². The first-order valence-electron chi connectivity index (χ1n) is 19.8. The monoisotopic (exact) mass is 578 g/mol. The van der Waals surface area contributed by atoms with Gasteiger partial charge in [-0.25, -0.2) is 0 Å². The fraction of sp³-hybridized carbons (Fsp3) is 0.975. The highest BCUT2D eigenvalue weighted by atomic mass is 16.3. The maximum Gasteiger partial charge on any atom is 0.0541 e. The lowest BCUT2D eigenvalue weighted by Gasteiger charge is -2.05. The molecule has 1 nitrogen and oxygen atoms in total. The van der Waals surface area contributed by atoms with E-state index in [1.54, 1.807) is 0 Å². The Bertz CT molecular complexity index is 431. The zero-order chi connectivity index (χ0) is 29.7. The van der Waals surface area contributed by atoms with E-state index in [0.29, 0.717) is 0 Å². The molecule has 0 aliphatic heterocycles. The maximum absolute atomic E-state index is 9.17. The number of hydrogen-bond acceptors (Lipinski definition) is 1. The van der Waals surface area contributed by atoms with E-state index in [1.165, 1.54) is 225 Å². The first kappa shape index (κ1) is 41.0. The Kier molecular flexibility index (Phi) is 37.9. The van der Waals surface area contributed by atoms with Crippen LogP contribution < -0.4 is 0 Å². The highest BCUT2D eigenvalue weighted by molar-refractivity contribution is 4.57. The summed E-state index contributed by atoms with van der Waals surface area (Å²) in [5, 5.41) is 9.17. The Morgan fingerprint density at radius 2 is 0.439 bits per heavy atom. The van der Waals surface area contributed by atoms with Crippen molar-refractivity contribution in [2.24, 2.45) is 0 Å². The average Bonchev–Trinajstić information content (AvgIpc) is 2.97. The quantitative estimate of drug-likeness (QED) is 0.0728. The molecule has 1 radical (unpaired) electrons. The standard InChI is InChI=1S/C40H81O/c1-3-4-5-6-7-8-9-10-11-12-13-14-15-16-17-18-19-20-21-22-23-24-25-26-27-28-29-30-31-32-33-34-35-36-37-38-39-40(2)41/h40-41H,2-39H2,1H3. The average molecular weight is 578 g/mol. The van der Waals surface area contributed by atoms with Crippen molar-refractivity contribution in [2.75, 3.05) is 0 Å². The molecule has 0 aliphatic rings. The number of rotatable bonds is 37. The molecule has 0 bridgehead atoms. The summed E-state index contributed by atoms with van der Waals surface area (Å²) < 4.78 is 0. The van der Waals surface area contributed by atoms with Crippen molar-refractivity contribution >= 4 is 0 Å². The Balaban J connectivity index is 3.03. The second-order valence-corrected chi connectivity index (χ2v) is 13.8. The van der Waals surface area contributed by atoms with Gasteiger partial charge >= 0.3 is 0 Å². The molecule has 0 saturated heterocycles. The van der Waals surface area contributed by atoms with E-state index in [4.69, 9.17) is 5.11 Å². The summed E-state index contributed by atoms with van der Waals surface area (Å²) in [5.74, 6) is 0. The zero-order valence-corrected chi connectivity index (χ0v) is 28.9. The van der Waals surface area contributed by atoms with E-state index >= 15 is 0 Å². The van der Waals surface area contributed by atoms with Crippen molar-refractivity contribution in [1.29, 1.82) is 0 Å². The van der Waals surface area contributed by atoms with Crippen molar-refractivity contribution in [3.63, 3.8) is 0 Å². The van der Waals surface area contributed by atoms with Crippen LogP contribution in [-0.2, 0) is 0 Å². The number of aliphatic hydroxyl groups is 1. The summed E-state index contributed by atoms with van der Waals surface area (Å²) in [5.41, 5.74) is 0. The van der Waals surface area contributed by atoms with E-state index in [9.17, 15) is 0 Å². The molecular weight excluding hydrogens is 496 g/mol. The van der Waals surface area contributed by atoms with Crippen LogP contribution in [0.5, 0.6) is 0 Å². The Morgan fingerprint density at radius 1 is 0.293 bits per heavy atom. The minimum absolute atomic E-state index is 0.354. The van der Waals surface area contributed by atoms with Gasteiger partial charge in [0.2, 0.25) is 0 Å². The predicted molar refractivity (Wildman–Crippen MR) is 188 cm³/mol. The van der Waals surface area contributed by atoms with E-state index in [-0.39, 0.29) is 6.10 Å². The summed E-state index contributed by atoms with van der Waals surface area (Å²) >= 11 is 0. The molecule has 0 fully saturated rings. The van der Waals surface area contributed by atoms with Gasteiger partial charge < -0.3 is 5.11 Å². The molecule has 41 heavy (non-hydrogen) atoms. The lowest BCUT2D eigenvalue weighted by Crippen LogP contribution is -1.98. The van der Waals surface area contributed by atoms with Gasteiger partial charge in [0.1, 0.15) is 0 Å². The third-order valence-electron chi connectivity index (χ3n) is 9.39. The third-order valence-corrected chi connectivity index (χ3v) is 9.39. The number of aliphatic hydroxyl groups excluding tert-OH is 1. The van der Waals surface area contributed by atoms with Crippen molar-refractivity contribution in [1.82, 2.24) is 0 Å². The molecule has 0 aliphatic carbocycles. The fourth-order valence-corrected chi connectivity index (χ4v) is 6.46. The van der Waals surface area contributed by atoms with Crippen LogP contribution >= 0.6 is 0 Å². The van der Waals surface area contributed by atoms with Gasteiger partial charge in [0, 0.05) is 0 Å². The van der Waals surface area contributed by atoms with Crippen LogP contribution in [0.15, 0.2) is 0 Å². The topological polar surface area (TPSA) is 20.2 Å². The summed E-state index contributed by atoms with van der Waals surface area (Å²) in [6.45, 7) is 5.95. The predicted octanol–water partition coefficient (Wildman–Crippen LogP) is 14.6. The lowest BCUT2D eigenvalue weighted by molar-refractivity contribution is 0.205. The minimum Gasteiger partial charge on any atom is -0.393 e. The van der Waals surface area contributed by atoms with Crippen LogP contribution in [0.2, 0.25) is 0 Å². The van der Waals surface area contributed by atoms with Crippen molar-refractivity contribution in [3.8, 4) is 0 Å². The van der Waals surface area contributed by atoms with Crippen LogP contribution in [-0.4, -0.2) is 11.2 Å². The molecule has 247 valence electrons. The van der Waals surface area contributed by atoms with Gasteiger partial charge in [0.25, 0.3) is 0 Å². The van der Waals surface area contributed by atoms with Gasteiger partial charge in [0.05, 0.1) is 6.10 Å². The lowest BCUT2D eigenvalue weighted by atomic mass is 10.0. The Morgan fingerprint density at radius 3 is 0.585 bits per heavy atom. The van der Waals surface area contributed by atoms with Gasteiger partial charge in [-0.15, -0.1) is 0 Å². The Labute approximate surface area is 262 Å². The molecule has 0 spiro atoms. The molecule has 0 aromatic rings. The highest BCUT2D eigenvalue weighted by Crippen LogP contribution is 2.17. The molecule has 1 unspecified atom stereocenters. The smallest absolute Gasteiger partial charge is 0.0541 e. The van der Waals surface area contributed by atoms with Gasteiger partial charge in [0.15, 0.2) is 0 Å². The third kappa shape index (κ3) is 40.0. The molecule has 0 rings (SSSR count). The van der Waals surface area contributed by atoms with Gasteiger partial charge in [-0.1, -0.05) is 238 Å². The van der Waals surface area contributed by atoms with E-state index in [0.717, 1.165) is 12.8 Å². The molecule has 0 heterocycles. The number of hydrogen-bond donors (Lipinski definition) is 1. The van der Waals surface area contributed by atoms with E-state index in [2.05, 4.69) is 13.8 Å². The molecule has 0 amide bonds. The highest BCUT2D eigenvalue weighted by Gasteiger charge is 1.98. The van der Waals surface area contributed by atoms with Gasteiger partial charge in [-0.05, 0) is 13.3 Å². The first-order chi connectivity index (χ1) is 20.3. The summed E-state index contributed by atoms with van der Waals surface area (Å²) in [6, 6.07) is 0. The second kappa shape index (κ2) is 38.0.